The minimum absolute atomic E-state index is 0.263. The van der Waals surface area contributed by atoms with Crippen LogP contribution in [0, 0.1) is 0 Å². The molecule has 4 nitrogen and oxygen atoms in total. The molecule has 11 aromatic rings. The number of aromatic nitrogens is 3. The topological polar surface area (TPSA) is 34.0 Å². The fourth-order valence-corrected chi connectivity index (χ4v) is 12.4. The minimum Gasteiger partial charge on any atom is -0.357 e. The first-order valence-corrected chi connectivity index (χ1v) is 24.1. The smallest absolute Gasteiger partial charge is 0.235 e. The van der Waals surface area contributed by atoms with Crippen LogP contribution >= 0.6 is 11.3 Å². The Bertz CT molecular complexity index is 3920. The molecule has 3 atom stereocenters. The Morgan fingerprint density at radius 3 is 2.09 bits per heavy atom. The van der Waals surface area contributed by atoms with E-state index in [2.05, 4.69) is 234 Å². The quantitative estimate of drug-likeness (QED) is 0.167. The zero-order valence-electron chi connectivity index (χ0n) is 36.5. The summed E-state index contributed by atoms with van der Waals surface area (Å²) in [6.45, 7) is 0. The summed E-state index contributed by atoms with van der Waals surface area (Å²) in [7, 11) is 0. The Labute approximate surface area is 392 Å². The van der Waals surface area contributed by atoms with Gasteiger partial charge in [0.25, 0.3) is 0 Å². The average Bonchev–Trinajstić information content (AvgIpc) is 4.09. The van der Waals surface area contributed by atoms with Gasteiger partial charge in [-0.15, -0.1) is 11.3 Å². The fourth-order valence-electron chi connectivity index (χ4n) is 11.3. The van der Waals surface area contributed by atoms with Gasteiger partial charge in [-0.2, -0.15) is 0 Å². The molecule has 0 spiro atoms. The molecule has 14 rings (SSSR count). The normalized spacial score (nSPS) is 17.4. The zero-order valence-corrected chi connectivity index (χ0v) is 37.3. The second kappa shape index (κ2) is 15.2. The largest absolute Gasteiger partial charge is 0.357 e. The van der Waals surface area contributed by atoms with Gasteiger partial charge in [0.2, 0.25) is 5.95 Å². The van der Waals surface area contributed by atoms with E-state index in [1.165, 1.54) is 76.3 Å². The van der Waals surface area contributed by atoms with Crippen LogP contribution in [0.4, 0.5) is 5.69 Å². The van der Waals surface area contributed by atoms with E-state index in [-0.39, 0.29) is 12.0 Å². The van der Waals surface area contributed by atoms with Crippen molar-refractivity contribution >= 4 is 70.6 Å². The van der Waals surface area contributed by atoms with Crippen LogP contribution in [-0.2, 0) is 0 Å². The van der Waals surface area contributed by atoms with E-state index in [0.29, 0.717) is 12.0 Å². The van der Waals surface area contributed by atoms with Gasteiger partial charge >= 0.3 is 0 Å². The van der Waals surface area contributed by atoms with Crippen molar-refractivity contribution in [3.8, 4) is 49.9 Å². The number of anilines is 1. The summed E-state index contributed by atoms with van der Waals surface area (Å²) in [4.78, 5) is 14.9. The van der Waals surface area contributed by atoms with Crippen molar-refractivity contribution in [2.75, 3.05) is 4.90 Å². The van der Waals surface area contributed by atoms with Crippen LogP contribution in [0.15, 0.2) is 225 Å². The van der Waals surface area contributed by atoms with Crippen molar-refractivity contribution in [3.63, 3.8) is 0 Å². The SMILES string of the molecule is C1=CCC(N2c3cccc(-c4ccc5c(c4)c4c6ccccc6ccc4n5-c4nc(-c5ccc(-c6cccc7ccccc67)cc5)c5sc(-c6ccccc6)cc5n4)c3C3C=CC=CC32)C=C1. The summed E-state index contributed by atoms with van der Waals surface area (Å²) < 4.78 is 3.38. The molecule has 0 radical (unpaired) electrons. The Morgan fingerprint density at radius 1 is 0.507 bits per heavy atom. The molecular formula is C62H42N4S. The summed E-state index contributed by atoms with van der Waals surface area (Å²) >= 11 is 1.76. The molecule has 0 saturated heterocycles. The third kappa shape index (κ3) is 6.05. The van der Waals surface area contributed by atoms with Crippen molar-refractivity contribution in [3.05, 3.63) is 230 Å². The van der Waals surface area contributed by atoms with Gasteiger partial charge in [0, 0.05) is 32.8 Å². The number of hydrogen-bond acceptors (Lipinski definition) is 4. The van der Waals surface area contributed by atoms with Crippen LogP contribution < -0.4 is 4.90 Å². The highest BCUT2D eigenvalue weighted by atomic mass is 32.1. The number of nitrogens with zero attached hydrogens (tertiary/aromatic N) is 4. The van der Waals surface area contributed by atoms with Crippen LogP contribution in [0.25, 0.3) is 103 Å². The second-order valence-electron chi connectivity index (χ2n) is 18.0. The highest BCUT2D eigenvalue weighted by Gasteiger charge is 2.40. The predicted octanol–water partition coefficient (Wildman–Crippen LogP) is 16.0. The van der Waals surface area contributed by atoms with Gasteiger partial charge in [0.1, 0.15) is 0 Å². The number of benzene rings is 8. The Kier molecular flexibility index (Phi) is 8.68. The molecule has 67 heavy (non-hydrogen) atoms. The van der Waals surface area contributed by atoms with Gasteiger partial charge in [-0.3, -0.25) is 4.57 Å². The fraction of sp³-hybridized carbons (Fsp3) is 0.0645. The molecule has 3 aliphatic rings. The van der Waals surface area contributed by atoms with Crippen molar-refractivity contribution in [1.82, 2.24) is 14.5 Å². The van der Waals surface area contributed by atoms with Crippen LogP contribution in [0.3, 0.4) is 0 Å². The lowest BCUT2D eigenvalue weighted by Crippen LogP contribution is -2.40. The van der Waals surface area contributed by atoms with E-state index in [9.17, 15) is 0 Å². The lowest BCUT2D eigenvalue weighted by atomic mass is 9.86. The van der Waals surface area contributed by atoms with Gasteiger partial charge in [-0.25, -0.2) is 9.97 Å². The summed E-state index contributed by atoms with van der Waals surface area (Å²) in [5.41, 5.74) is 13.9. The Balaban J connectivity index is 0.976. The maximum Gasteiger partial charge on any atom is 0.235 e. The monoisotopic (exact) mass is 874 g/mol. The van der Waals surface area contributed by atoms with Gasteiger partial charge < -0.3 is 4.90 Å². The number of rotatable bonds is 6. The second-order valence-corrected chi connectivity index (χ2v) is 19.0. The van der Waals surface area contributed by atoms with Gasteiger partial charge in [-0.1, -0.05) is 194 Å². The summed E-state index contributed by atoms with van der Waals surface area (Å²) in [6, 6.07) is 64.9. The highest BCUT2D eigenvalue weighted by molar-refractivity contribution is 7.22. The lowest BCUT2D eigenvalue weighted by Gasteiger charge is -2.35. The van der Waals surface area contributed by atoms with Crippen molar-refractivity contribution < 1.29 is 0 Å². The van der Waals surface area contributed by atoms with E-state index >= 15 is 0 Å². The molecule has 3 aromatic heterocycles. The summed E-state index contributed by atoms with van der Waals surface area (Å²) in [5, 5.41) is 7.31. The van der Waals surface area contributed by atoms with E-state index in [1.54, 1.807) is 11.3 Å². The number of thiophene rings is 1. The first-order chi connectivity index (χ1) is 33.2. The zero-order chi connectivity index (χ0) is 44.0. The van der Waals surface area contributed by atoms with E-state index in [1.807, 2.05) is 0 Å². The maximum atomic E-state index is 5.61. The average molecular weight is 875 g/mol. The maximum absolute atomic E-state index is 5.61. The van der Waals surface area contributed by atoms with Crippen LogP contribution in [0.2, 0.25) is 0 Å². The lowest BCUT2D eigenvalue weighted by molar-refractivity contribution is 0.614. The first kappa shape index (κ1) is 38.2. The molecule has 2 aliphatic carbocycles. The standard InChI is InChI=1S/C62H42N4S/c1-3-17-42(18-4-1)57-38-52-61(67-57)60(43-31-29-41(30-32-43)47-25-13-19-39-15-7-9-22-46(39)47)64-62(63-52)66-54-35-34-44(37-51(54)59-48-23-10-8-16-40(48)33-36-56(59)66)49-26-14-28-55-58(49)50-24-11-12-27-53(50)65(55)45-20-5-2-6-21-45/h1-20,22-38,45,50,53H,21H2. The van der Waals surface area contributed by atoms with Crippen LogP contribution in [0.1, 0.15) is 17.9 Å². The molecular weight excluding hydrogens is 833 g/mol. The molecule has 3 unspecified atom stereocenters. The minimum atomic E-state index is 0.263. The molecule has 4 heterocycles. The van der Waals surface area contributed by atoms with E-state index in [4.69, 9.17) is 9.97 Å². The summed E-state index contributed by atoms with van der Waals surface area (Å²) in [6.07, 6.45) is 19.3. The van der Waals surface area contributed by atoms with Crippen molar-refractivity contribution in [2.45, 2.75) is 24.4 Å². The molecule has 0 fully saturated rings. The molecule has 0 bridgehead atoms. The number of hydrogen-bond donors (Lipinski definition) is 0. The molecule has 0 amide bonds. The molecule has 0 saturated carbocycles. The van der Waals surface area contributed by atoms with Gasteiger partial charge in [0.15, 0.2) is 0 Å². The van der Waals surface area contributed by atoms with E-state index in [0.717, 1.165) is 38.9 Å². The van der Waals surface area contributed by atoms with Crippen molar-refractivity contribution in [1.29, 1.82) is 0 Å². The molecule has 8 aromatic carbocycles. The molecule has 5 heteroatoms. The Hall–Kier alpha value is -8.12. The first-order valence-electron chi connectivity index (χ1n) is 23.3. The highest BCUT2D eigenvalue weighted by Crippen LogP contribution is 2.51. The molecule has 0 N–H and O–H groups in total. The van der Waals surface area contributed by atoms with Gasteiger partial charge in [-0.05, 0) is 91.7 Å². The molecule has 316 valence electrons. The van der Waals surface area contributed by atoms with Crippen LogP contribution in [0.5, 0.6) is 0 Å². The summed E-state index contributed by atoms with van der Waals surface area (Å²) in [5.74, 6) is 0.924. The number of allylic oxidation sites excluding steroid dienone is 4. The Morgan fingerprint density at radius 2 is 1.22 bits per heavy atom. The third-order valence-electron chi connectivity index (χ3n) is 14.3. The van der Waals surface area contributed by atoms with E-state index < -0.39 is 0 Å². The van der Waals surface area contributed by atoms with Crippen molar-refractivity contribution in [2.24, 2.45) is 0 Å². The molecule has 1 aliphatic heterocycles. The predicted molar refractivity (Wildman–Crippen MR) is 282 cm³/mol. The number of fused-ring (bicyclic) bond motifs is 10. The van der Waals surface area contributed by atoms with Gasteiger partial charge in [0.05, 0.1) is 39.0 Å². The van der Waals surface area contributed by atoms with Crippen LogP contribution in [-0.4, -0.2) is 26.6 Å². The third-order valence-corrected chi connectivity index (χ3v) is 15.5.